The van der Waals surface area contributed by atoms with E-state index in [1.165, 1.54) is 6.33 Å². The molecule has 3 N–H and O–H groups in total. The Kier molecular flexibility index (Phi) is 3.34. The Morgan fingerprint density at radius 2 is 2.12 bits per heavy atom. The first-order valence-electron chi connectivity index (χ1n) is 5.50. The molecule has 0 saturated carbocycles. The summed E-state index contributed by atoms with van der Waals surface area (Å²) in [5.74, 6) is 1.51. The van der Waals surface area contributed by atoms with Crippen LogP contribution >= 0.6 is 0 Å². The highest BCUT2D eigenvalue weighted by atomic mass is 15.3. The summed E-state index contributed by atoms with van der Waals surface area (Å²) in [6.07, 6.45) is 1.52. The molecule has 0 aliphatic rings. The Balaban J connectivity index is 2.29. The third-order valence-corrected chi connectivity index (χ3v) is 2.33. The van der Waals surface area contributed by atoms with Crippen LogP contribution < -0.4 is 11.1 Å². The SMILES string of the molecule is Cc1cc(C)n(-c2cc(NCCN)ncn2)n1. The molecule has 17 heavy (non-hydrogen) atoms. The lowest BCUT2D eigenvalue weighted by Gasteiger charge is -2.06. The molecule has 0 fully saturated rings. The van der Waals surface area contributed by atoms with Gasteiger partial charge in [0.05, 0.1) is 5.69 Å². The second-order valence-electron chi connectivity index (χ2n) is 3.82. The van der Waals surface area contributed by atoms with Crippen LogP contribution in [0.1, 0.15) is 11.4 Å². The van der Waals surface area contributed by atoms with Gasteiger partial charge in [0.15, 0.2) is 5.82 Å². The molecule has 0 aliphatic carbocycles. The van der Waals surface area contributed by atoms with Crippen molar-refractivity contribution in [3.63, 3.8) is 0 Å². The van der Waals surface area contributed by atoms with Crippen molar-refractivity contribution in [2.24, 2.45) is 5.73 Å². The van der Waals surface area contributed by atoms with Crippen molar-refractivity contribution in [1.82, 2.24) is 19.7 Å². The molecule has 0 aliphatic heterocycles. The van der Waals surface area contributed by atoms with Gasteiger partial charge in [0.2, 0.25) is 0 Å². The molecular formula is C11H16N6. The first-order chi connectivity index (χ1) is 8.20. The molecule has 0 amide bonds. The quantitative estimate of drug-likeness (QED) is 0.808. The minimum Gasteiger partial charge on any atom is -0.369 e. The average molecular weight is 232 g/mol. The molecule has 0 saturated heterocycles. The highest BCUT2D eigenvalue weighted by molar-refractivity contribution is 5.40. The van der Waals surface area contributed by atoms with Gasteiger partial charge in [-0.2, -0.15) is 5.10 Å². The second-order valence-corrected chi connectivity index (χ2v) is 3.82. The predicted molar refractivity (Wildman–Crippen MR) is 66.2 cm³/mol. The van der Waals surface area contributed by atoms with Gasteiger partial charge in [-0.05, 0) is 19.9 Å². The van der Waals surface area contributed by atoms with E-state index in [1.807, 2.05) is 26.0 Å². The molecule has 0 spiro atoms. The standard InChI is InChI=1S/C11H16N6/c1-8-5-9(2)17(16-8)11-6-10(13-4-3-12)14-7-15-11/h5-7H,3-4,12H2,1-2H3,(H,13,14,15). The Bertz CT molecular complexity index is 504. The van der Waals surface area contributed by atoms with Gasteiger partial charge in [0.25, 0.3) is 0 Å². The van der Waals surface area contributed by atoms with E-state index >= 15 is 0 Å². The molecule has 0 atom stereocenters. The first kappa shape index (κ1) is 11.5. The zero-order valence-electron chi connectivity index (χ0n) is 10.0. The van der Waals surface area contributed by atoms with Crippen LogP contribution in [0.3, 0.4) is 0 Å². The Labute approximate surface area is 99.9 Å². The Hall–Kier alpha value is -1.95. The lowest BCUT2D eigenvalue weighted by Crippen LogP contribution is -2.14. The van der Waals surface area contributed by atoms with E-state index in [0.29, 0.717) is 13.1 Å². The van der Waals surface area contributed by atoms with Crippen LogP contribution in [0.5, 0.6) is 0 Å². The van der Waals surface area contributed by atoms with Crippen molar-refractivity contribution in [2.75, 3.05) is 18.4 Å². The van der Waals surface area contributed by atoms with E-state index in [1.54, 1.807) is 4.68 Å². The fourth-order valence-electron chi connectivity index (χ4n) is 1.62. The predicted octanol–water partition coefficient (Wildman–Crippen LogP) is 0.650. The van der Waals surface area contributed by atoms with Crippen molar-refractivity contribution in [2.45, 2.75) is 13.8 Å². The number of aromatic nitrogens is 4. The van der Waals surface area contributed by atoms with Crippen LogP contribution in [-0.2, 0) is 0 Å². The van der Waals surface area contributed by atoms with Crippen molar-refractivity contribution in [3.05, 3.63) is 29.8 Å². The fourth-order valence-corrected chi connectivity index (χ4v) is 1.62. The van der Waals surface area contributed by atoms with Crippen LogP contribution in [0.25, 0.3) is 5.82 Å². The van der Waals surface area contributed by atoms with Gasteiger partial charge in [0, 0.05) is 24.8 Å². The maximum Gasteiger partial charge on any atom is 0.159 e. The maximum absolute atomic E-state index is 5.43. The van der Waals surface area contributed by atoms with Gasteiger partial charge < -0.3 is 11.1 Å². The Morgan fingerprint density at radius 3 is 2.76 bits per heavy atom. The minimum atomic E-state index is 0.569. The van der Waals surface area contributed by atoms with Crippen LogP contribution in [0.2, 0.25) is 0 Å². The van der Waals surface area contributed by atoms with Crippen LogP contribution in [-0.4, -0.2) is 32.8 Å². The number of rotatable bonds is 4. The zero-order valence-corrected chi connectivity index (χ0v) is 10.0. The summed E-state index contributed by atoms with van der Waals surface area (Å²) in [4.78, 5) is 8.33. The first-order valence-corrected chi connectivity index (χ1v) is 5.50. The topological polar surface area (TPSA) is 81.7 Å². The zero-order chi connectivity index (χ0) is 12.3. The number of hydrogen-bond acceptors (Lipinski definition) is 5. The highest BCUT2D eigenvalue weighted by Crippen LogP contribution is 2.11. The number of nitrogens with two attached hydrogens (primary N) is 1. The molecular weight excluding hydrogens is 216 g/mol. The summed E-state index contributed by atoms with van der Waals surface area (Å²) in [5.41, 5.74) is 7.45. The molecule has 6 nitrogen and oxygen atoms in total. The van der Waals surface area contributed by atoms with Gasteiger partial charge in [-0.3, -0.25) is 0 Å². The van der Waals surface area contributed by atoms with Crippen molar-refractivity contribution < 1.29 is 0 Å². The smallest absolute Gasteiger partial charge is 0.159 e. The van der Waals surface area contributed by atoms with Gasteiger partial charge in [0.1, 0.15) is 12.1 Å². The van der Waals surface area contributed by atoms with E-state index < -0.39 is 0 Å². The number of anilines is 1. The monoisotopic (exact) mass is 232 g/mol. The van der Waals surface area contributed by atoms with Crippen LogP contribution in [0.4, 0.5) is 5.82 Å². The van der Waals surface area contributed by atoms with Gasteiger partial charge in [-0.15, -0.1) is 0 Å². The van der Waals surface area contributed by atoms with E-state index in [9.17, 15) is 0 Å². The van der Waals surface area contributed by atoms with Crippen LogP contribution in [0, 0.1) is 13.8 Å². The summed E-state index contributed by atoms with van der Waals surface area (Å²) in [5, 5.41) is 7.49. The summed E-state index contributed by atoms with van der Waals surface area (Å²) in [7, 11) is 0. The lowest BCUT2D eigenvalue weighted by molar-refractivity contribution is 0.800. The second kappa shape index (κ2) is 4.92. The number of hydrogen-bond donors (Lipinski definition) is 2. The molecule has 0 aromatic carbocycles. The summed E-state index contributed by atoms with van der Waals surface area (Å²) >= 11 is 0. The molecule has 6 heteroatoms. The number of nitrogens with zero attached hydrogens (tertiary/aromatic N) is 4. The molecule has 0 radical (unpaired) electrons. The van der Waals surface area contributed by atoms with E-state index in [2.05, 4.69) is 20.4 Å². The molecule has 2 heterocycles. The molecule has 2 aromatic heterocycles. The Morgan fingerprint density at radius 1 is 1.29 bits per heavy atom. The third kappa shape index (κ3) is 2.59. The molecule has 2 rings (SSSR count). The molecule has 0 bridgehead atoms. The van der Waals surface area contributed by atoms with Crippen LogP contribution in [0.15, 0.2) is 18.5 Å². The molecule has 90 valence electrons. The summed E-state index contributed by atoms with van der Waals surface area (Å²) in [6.45, 7) is 5.21. The highest BCUT2D eigenvalue weighted by Gasteiger charge is 2.05. The minimum absolute atomic E-state index is 0.569. The van der Waals surface area contributed by atoms with E-state index in [-0.39, 0.29) is 0 Å². The largest absolute Gasteiger partial charge is 0.369 e. The van der Waals surface area contributed by atoms with Crippen molar-refractivity contribution >= 4 is 5.82 Å². The summed E-state index contributed by atoms with van der Waals surface area (Å²) in [6, 6.07) is 3.87. The number of nitrogens with one attached hydrogen (secondary N) is 1. The van der Waals surface area contributed by atoms with Crippen molar-refractivity contribution in [3.8, 4) is 5.82 Å². The lowest BCUT2D eigenvalue weighted by atomic mass is 10.4. The van der Waals surface area contributed by atoms with Crippen molar-refractivity contribution in [1.29, 1.82) is 0 Å². The normalized spacial score (nSPS) is 10.5. The molecule has 0 unspecified atom stereocenters. The fraction of sp³-hybridized carbons (Fsp3) is 0.364. The van der Waals surface area contributed by atoms with Gasteiger partial charge >= 0.3 is 0 Å². The van der Waals surface area contributed by atoms with Gasteiger partial charge in [-0.25, -0.2) is 14.6 Å². The third-order valence-electron chi connectivity index (χ3n) is 2.33. The maximum atomic E-state index is 5.43. The average Bonchev–Trinajstić information content (AvgIpc) is 2.66. The molecule has 2 aromatic rings. The summed E-state index contributed by atoms with van der Waals surface area (Å²) < 4.78 is 1.80. The van der Waals surface area contributed by atoms with Gasteiger partial charge in [-0.1, -0.05) is 0 Å². The van der Waals surface area contributed by atoms with E-state index in [4.69, 9.17) is 5.73 Å². The number of aryl methyl sites for hydroxylation is 2. The van der Waals surface area contributed by atoms with E-state index in [0.717, 1.165) is 23.0 Å².